The van der Waals surface area contributed by atoms with E-state index in [0.717, 1.165) is 49.2 Å². The number of hydrogen-bond acceptors (Lipinski definition) is 4. The van der Waals surface area contributed by atoms with Gasteiger partial charge in [0, 0.05) is 31.5 Å². The van der Waals surface area contributed by atoms with Gasteiger partial charge < -0.3 is 14.8 Å². The number of aliphatic hydroxyl groups is 1. The molecule has 1 aliphatic heterocycles. The Kier molecular flexibility index (Phi) is 5.18. The third-order valence-corrected chi connectivity index (χ3v) is 5.02. The van der Waals surface area contributed by atoms with Gasteiger partial charge in [0.25, 0.3) is 0 Å². The van der Waals surface area contributed by atoms with Crippen LogP contribution < -0.4 is 5.32 Å². The molecule has 0 radical (unpaired) electrons. The smallest absolute Gasteiger partial charge is 0.228 e. The van der Waals surface area contributed by atoms with Crippen LogP contribution in [-0.2, 0) is 17.8 Å². The molecule has 27 heavy (non-hydrogen) atoms. The lowest BCUT2D eigenvalue weighted by Gasteiger charge is -2.29. The quantitative estimate of drug-likeness (QED) is 0.730. The van der Waals surface area contributed by atoms with Gasteiger partial charge in [-0.05, 0) is 48.2 Å². The second-order valence-electron chi connectivity index (χ2n) is 7.19. The molecule has 1 fully saturated rings. The first-order valence-corrected chi connectivity index (χ1v) is 9.35. The highest BCUT2D eigenvalue weighted by Gasteiger charge is 2.17. The Labute approximate surface area is 158 Å². The molecule has 1 aliphatic rings. The number of amides is 1. The van der Waals surface area contributed by atoms with Crippen molar-refractivity contribution in [1.29, 1.82) is 0 Å². The minimum absolute atomic E-state index is 0.0305. The molecule has 0 spiro atoms. The Balaban J connectivity index is 1.36. The number of fused-ring (bicyclic) bond motifs is 1. The predicted octanol–water partition coefficient (Wildman–Crippen LogP) is 2.47. The molecule has 0 atom stereocenters. The van der Waals surface area contributed by atoms with Crippen LogP contribution in [0.1, 0.15) is 24.0 Å². The van der Waals surface area contributed by atoms with Crippen LogP contribution in [0.15, 0.2) is 55.1 Å². The first kappa shape index (κ1) is 17.7. The van der Waals surface area contributed by atoms with Crippen molar-refractivity contribution >= 4 is 17.1 Å². The molecule has 1 aromatic carbocycles. The fourth-order valence-electron chi connectivity index (χ4n) is 3.55. The standard InChI is InChI=1S/C21H24N4O2/c26-20-5-7-24(8-6-20)14-17-2-1-3-18(10-17)23-21(27)12-16-4-9-25-15-22-13-19(25)11-16/h1-4,9-11,13,15,20,26H,5-8,12,14H2,(H,23,27). The van der Waals surface area contributed by atoms with Gasteiger partial charge in [-0.1, -0.05) is 12.1 Å². The van der Waals surface area contributed by atoms with Crippen LogP contribution >= 0.6 is 0 Å². The number of anilines is 1. The largest absolute Gasteiger partial charge is 0.393 e. The second-order valence-corrected chi connectivity index (χ2v) is 7.19. The van der Waals surface area contributed by atoms with Gasteiger partial charge in [-0.25, -0.2) is 4.98 Å². The number of nitrogens with one attached hydrogen (secondary N) is 1. The normalized spacial score (nSPS) is 15.9. The monoisotopic (exact) mass is 364 g/mol. The predicted molar refractivity (Wildman–Crippen MR) is 104 cm³/mol. The van der Waals surface area contributed by atoms with Crippen molar-refractivity contribution < 1.29 is 9.90 Å². The third kappa shape index (κ3) is 4.53. The number of hydrogen-bond donors (Lipinski definition) is 2. The molecule has 1 saturated heterocycles. The Morgan fingerprint density at radius 3 is 2.89 bits per heavy atom. The van der Waals surface area contributed by atoms with Crippen LogP contribution in [0.2, 0.25) is 0 Å². The SMILES string of the molecule is O=C(Cc1ccn2cncc2c1)Nc1cccc(CN2CCC(O)CC2)c1. The van der Waals surface area contributed by atoms with Crippen LogP contribution in [0.5, 0.6) is 0 Å². The van der Waals surface area contributed by atoms with Crippen LogP contribution in [-0.4, -0.2) is 44.5 Å². The summed E-state index contributed by atoms with van der Waals surface area (Å²) in [5.41, 5.74) is 3.93. The van der Waals surface area contributed by atoms with Gasteiger partial charge in [0.15, 0.2) is 0 Å². The zero-order valence-electron chi connectivity index (χ0n) is 15.2. The molecule has 0 bridgehead atoms. The van der Waals surface area contributed by atoms with Gasteiger partial charge in [0.2, 0.25) is 5.91 Å². The van der Waals surface area contributed by atoms with Gasteiger partial charge in [-0.2, -0.15) is 0 Å². The number of aliphatic hydroxyl groups excluding tert-OH is 1. The molecule has 3 aromatic rings. The molecule has 6 heteroatoms. The number of benzene rings is 1. The van der Waals surface area contributed by atoms with Gasteiger partial charge in [-0.15, -0.1) is 0 Å². The van der Waals surface area contributed by atoms with Gasteiger partial charge in [0.1, 0.15) is 0 Å². The van der Waals surface area contributed by atoms with Crippen molar-refractivity contribution in [3.05, 3.63) is 66.2 Å². The van der Waals surface area contributed by atoms with Crippen molar-refractivity contribution in [2.24, 2.45) is 0 Å². The third-order valence-electron chi connectivity index (χ3n) is 5.02. The van der Waals surface area contributed by atoms with E-state index in [2.05, 4.69) is 21.3 Å². The number of piperidine rings is 1. The van der Waals surface area contributed by atoms with E-state index in [0.29, 0.717) is 6.42 Å². The van der Waals surface area contributed by atoms with E-state index >= 15 is 0 Å². The summed E-state index contributed by atoms with van der Waals surface area (Å²) in [6, 6.07) is 11.9. The van der Waals surface area contributed by atoms with Crippen molar-refractivity contribution in [2.75, 3.05) is 18.4 Å². The van der Waals surface area contributed by atoms with E-state index in [1.54, 1.807) is 12.5 Å². The molecular weight excluding hydrogens is 340 g/mol. The lowest BCUT2D eigenvalue weighted by Crippen LogP contribution is -2.35. The summed E-state index contributed by atoms with van der Waals surface area (Å²) in [6.45, 7) is 2.66. The molecule has 0 saturated carbocycles. The van der Waals surface area contributed by atoms with Crippen LogP contribution in [0.4, 0.5) is 5.69 Å². The Hall–Kier alpha value is -2.70. The number of imidazole rings is 1. The van der Waals surface area contributed by atoms with Gasteiger partial charge in [-0.3, -0.25) is 9.69 Å². The molecule has 0 aliphatic carbocycles. The molecule has 2 N–H and O–H groups in total. The number of nitrogens with zero attached hydrogens (tertiary/aromatic N) is 3. The first-order chi connectivity index (χ1) is 13.2. The lowest BCUT2D eigenvalue weighted by atomic mass is 10.1. The molecule has 140 valence electrons. The lowest BCUT2D eigenvalue weighted by molar-refractivity contribution is -0.115. The maximum Gasteiger partial charge on any atom is 0.228 e. The zero-order chi connectivity index (χ0) is 18.6. The molecular formula is C21H24N4O2. The summed E-state index contributed by atoms with van der Waals surface area (Å²) in [7, 11) is 0. The zero-order valence-corrected chi connectivity index (χ0v) is 15.2. The maximum atomic E-state index is 12.4. The van der Waals surface area contributed by atoms with E-state index < -0.39 is 0 Å². The van der Waals surface area contributed by atoms with E-state index in [-0.39, 0.29) is 12.0 Å². The molecule has 2 aromatic heterocycles. The summed E-state index contributed by atoms with van der Waals surface area (Å²) in [4.78, 5) is 18.9. The minimum atomic E-state index is -0.159. The summed E-state index contributed by atoms with van der Waals surface area (Å²) < 4.78 is 1.92. The minimum Gasteiger partial charge on any atom is -0.393 e. The Bertz CT molecular complexity index is 929. The number of aromatic nitrogens is 2. The average molecular weight is 364 g/mol. The fourth-order valence-corrected chi connectivity index (χ4v) is 3.55. The summed E-state index contributed by atoms with van der Waals surface area (Å²) in [6.07, 6.45) is 7.28. The molecule has 4 rings (SSSR count). The highest BCUT2D eigenvalue weighted by atomic mass is 16.3. The van der Waals surface area contributed by atoms with Gasteiger partial charge >= 0.3 is 0 Å². The summed E-state index contributed by atoms with van der Waals surface area (Å²) in [5.74, 6) is -0.0305. The van der Waals surface area contributed by atoms with Crippen molar-refractivity contribution in [3.63, 3.8) is 0 Å². The van der Waals surface area contributed by atoms with E-state index in [4.69, 9.17) is 0 Å². The molecule has 3 heterocycles. The average Bonchev–Trinajstić information content (AvgIpc) is 3.12. The second kappa shape index (κ2) is 7.90. The van der Waals surface area contributed by atoms with Crippen molar-refractivity contribution in [3.8, 4) is 0 Å². The molecule has 0 unspecified atom stereocenters. The number of carbonyl (C=O) groups is 1. The van der Waals surface area contributed by atoms with E-state index in [1.807, 2.05) is 40.9 Å². The summed E-state index contributed by atoms with van der Waals surface area (Å²) >= 11 is 0. The van der Waals surface area contributed by atoms with Crippen molar-refractivity contribution in [1.82, 2.24) is 14.3 Å². The Morgan fingerprint density at radius 2 is 2.04 bits per heavy atom. The number of likely N-dealkylation sites (tertiary alicyclic amines) is 1. The van der Waals surface area contributed by atoms with Crippen LogP contribution in [0.3, 0.4) is 0 Å². The number of carbonyl (C=O) groups excluding carboxylic acids is 1. The highest BCUT2D eigenvalue weighted by molar-refractivity contribution is 5.92. The molecule has 6 nitrogen and oxygen atoms in total. The molecule has 1 amide bonds. The summed E-state index contributed by atoms with van der Waals surface area (Å²) in [5, 5.41) is 12.6. The van der Waals surface area contributed by atoms with Crippen molar-refractivity contribution in [2.45, 2.75) is 31.9 Å². The number of rotatable bonds is 5. The van der Waals surface area contributed by atoms with E-state index in [9.17, 15) is 9.90 Å². The maximum absolute atomic E-state index is 12.4. The van der Waals surface area contributed by atoms with E-state index in [1.165, 1.54) is 5.56 Å². The topological polar surface area (TPSA) is 69.9 Å². The highest BCUT2D eigenvalue weighted by Crippen LogP contribution is 2.17. The first-order valence-electron chi connectivity index (χ1n) is 9.35. The number of pyridine rings is 1. The Morgan fingerprint density at radius 1 is 1.19 bits per heavy atom. The van der Waals surface area contributed by atoms with Gasteiger partial charge in [0.05, 0.1) is 30.6 Å². The van der Waals surface area contributed by atoms with Crippen LogP contribution in [0.25, 0.3) is 5.52 Å². The fraction of sp³-hybridized carbons (Fsp3) is 0.333. The van der Waals surface area contributed by atoms with Crippen LogP contribution in [0, 0.1) is 0 Å².